The van der Waals surface area contributed by atoms with Gasteiger partial charge in [-0.3, -0.25) is 9.59 Å². The van der Waals surface area contributed by atoms with Crippen LogP contribution in [-0.2, 0) is 9.59 Å². The predicted octanol–water partition coefficient (Wildman–Crippen LogP) is 3.98. The molecule has 0 radical (unpaired) electrons. The van der Waals surface area contributed by atoms with Crippen molar-refractivity contribution in [3.05, 3.63) is 71.8 Å². The fourth-order valence-corrected chi connectivity index (χ4v) is 4.82. The van der Waals surface area contributed by atoms with Crippen LogP contribution in [-0.4, -0.2) is 60.4 Å². The van der Waals surface area contributed by atoms with Crippen LogP contribution >= 0.6 is 0 Å². The summed E-state index contributed by atoms with van der Waals surface area (Å²) in [4.78, 5) is 32.2. The summed E-state index contributed by atoms with van der Waals surface area (Å²) in [5, 5.41) is 0. The molecule has 0 spiro atoms. The molecule has 5 heteroatoms. The van der Waals surface area contributed by atoms with Gasteiger partial charge < -0.3 is 14.7 Å². The maximum absolute atomic E-state index is 13.3. The van der Waals surface area contributed by atoms with Crippen LogP contribution in [0.5, 0.6) is 0 Å². The summed E-state index contributed by atoms with van der Waals surface area (Å²) < 4.78 is 0. The van der Waals surface area contributed by atoms with Crippen LogP contribution in [0.1, 0.15) is 30.9 Å². The van der Waals surface area contributed by atoms with Crippen LogP contribution < -0.4 is 4.90 Å². The van der Waals surface area contributed by atoms with Gasteiger partial charge in [-0.25, -0.2) is 0 Å². The first kappa shape index (κ1) is 22.1. The normalized spacial score (nSPS) is 21.8. The first-order valence-electron chi connectivity index (χ1n) is 11.7. The second-order valence-electron chi connectivity index (χ2n) is 9.03. The summed E-state index contributed by atoms with van der Waals surface area (Å²) in [7, 11) is 0. The van der Waals surface area contributed by atoms with E-state index in [1.165, 1.54) is 11.3 Å². The molecule has 0 N–H and O–H groups in total. The van der Waals surface area contributed by atoms with Crippen LogP contribution in [0.4, 0.5) is 5.69 Å². The summed E-state index contributed by atoms with van der Waals surface area (Å²) >= 11 is 0. The lowest BCUT2D eigenvalue weighted by Gasteiger charge is -2.43. The molecule has 0 aliphatic carbocycles. The number of hydrogen-bond acceptors (Lipinski definition) is 3. The molecular formula is C27H33N3O2. The molecule has 0 aromatic heterocycles. The van der Waals surface area contributed by atoms with Gasteiger partial charge in [-0.2, -0.15) is 0 Å². The number of piperidine rings is 1. The lowest BCUT2D eigenvalue weighted by Crippen LogP contribution is -2.56. The molecule has 168 valence electrons. The van der Waals surface area contributed by atoms with Crippen molar-refractivity contribution in [1.82, 2.24) is 9.80 Å². The van der Waals surface area contributed by atoms with E-state index in [1.54, 1.807) is 6.08 Å². The van der Waals surface area contributed by atoms with Crippen molar-refractivity contribution in [1.29, 1.82) is 0 Å². The number of carbonyl (C=O) groups is 2. The Bertz CT molecular complexity index is 972. The summed E-state index contributed by atoms with van der Waals surface area (Å²) in [6, 6.07) is 18.7. The van der Waals surface area contributed by atoms with Crippen molar-refractivity contribution in [3.63, 3.8) is 0 Å². The molecule has 0 bridgehead atoms. The Labute approximate surface area is 191 Å². The molecule has 2 aromatic carbocycles. The molecule has 2 heterocycles. The zero-order valence-corrected chi connectivity index (χ0v) is 19.1. The molecule has 2 aromatic rings. The van der Waals surface area contributed by atoms with Crippen molar-refractivity contribution in [2.24, 2.45) is 5.92 Å². The molecule has 1 unspecified atom stereocenters. The number of piperazine rings is 1. The van der Waals surface area contributed by atoms with E-state index in [9.17, 15) is 9.59 Å². The largest absolute Gasteiger partial charge is 0.365 e. The molecule has 2 amide bonds. The smallest absolute Gasteiger partial charge is 0.246 e. The topological polar surface area (TPSA) is 43.9 Å². The number of nitrogens with zero attached hydrogens (tertiary/aromatic N) is 3. The van der Waals surface area contributed by atoms with E-state index in [4.69, 9.17) is 0 Å². The number of aryl methyl sites for hydroxylation is 1. The van der Waals surface area contributed by atoms with Crippen LogP contribution in [0.3, 0.4) is 0 Å². The summed E-state index contributed by atoms with van der Waals surface area (Å²) in [6.45, 7) is 7.83. The van der Waals surface area contributed by atoms with E-state index in [2.05, 4.69) is 43.0 Å². The average molecular weight is 432 g/mol. The highest BCUT2D eigenvalue weighted by Crippen LogP contribution is 2.25. The second kappa shape index (κ2) is 10.0. The third-order valence-electron chi connectivity index (χ3n) is 6.57. The number of rotatable bonds is 4. The SMILES string of the molecule is Cc1cccc(N2CCN(C(=O)[C@@H]3CCCN(C(=O)/C=C/c4ccccc4)C3)CC2C)c1. The number of benzene rings is 2. The van der Waals surface area contributed by atoms with E-state index in [0.717, 1.165) is 44.6 Å². The van der Waals surface area contributed by atoms with Gasteiger partial charge in [-0.15, -0.1) is 0 Å². The maximum atomic E-state index is 13.3. The molecule has 2 atom stereocenters. The van der Waals surface area contributed by atoms with Crippen molar-refractivity contribution < 1.29 is 9.59 Å². The fourth-order valence-electron chi connectivity index (χ4n) is 4.82. The van der Waals surface area contributed by atoms with Crippen LogP contribution in [0.25, 0.3) is 6.08 Å². The Morgan fingerprint density at radius 1 is 0.938 bits per heavy atom. The Hall–Kier alpha value is -3.08. The zero-order valence-electron chi connectivity index (χ0n) is 19.1. The molecule has 2 fully saturated rings. The van der Waals surface area contributed by atoms with Crippen LogP contribution in [0, 0.1) is 12.8 Å². The molecule has 32 heavy (non-hydrogen) atoms. The van der Waals surface area contributed by atoms with E-state index < -0.39 is 0 Å². The summed E-state index contributed by atoms with van der Waals surface area (Å²) in [5.41, 5.74) is 3.48. The molecule has 4 rings (SSSR count). The standard InChI is InChI=1S/C27H33N3O2/c1-21-8-6-12-25(18-21)30-17-16-29(19-22(30)2)27(32)24-11-7-15-28(20-24)26(31)14-13-23-9-4-3-5-10-23/h3-6,8-10,12-14,18,22,24H,7,11,15-17,19-20H2,1-2H3/b14-13+/t22?,24-/m1/s1. The van der Waals surface area contributed by atoms with Gasteiger partial charge in [0.05, 0.1) is 5.92 Å². The Balaban J connectivity index is 1.34. The van der Waals surface area contributed by atoms with Crippen LogP contribution in [0.15, 0.2) is 60.7 Å². The van der Waals surface area contributed by atoms with Gasteiger partial charge in [0, 0.05) is 50.5 Å². The lowest BCUT2D eigenvalue weighted by molar-refractivity contribution is -0.140. The highest BCUT2D eigenvalue weighted by Gasteiger charge is 2.34. The van der Waals surface area contributed by atoms with E-state index in [0.29, 0.717) is 6.54 Å². The Kier molecular flexibility index (Phi) is 6.93. The van der Waals surface area contributed by atoms with E-state index >= 15 is 0 Å². The highest BCUT2D eigenvalue weighted by molar-refractivity contribution is 5.92. The number of anilines is 1. The van der Waals surface area contributed by atoms with E-state index in [1.807, 2.05) is 46.2 Å². The molecule has 0 saturated carbocycles. The number of likely N-dealkylation sites (tertiary alicyclic amines) is 1. The maximum Gasteiger partial charge on any atom is 0.246 e. The van der Waals surface area contributed by atoms with Crippen molar-refractivity contribution in [2.75, 3.05) is 37.6 Å². The lowest BCUT2D eigenvalue weighted by atomic mass is 9.95. The van der Waals surface area contributed by atoms with Crippen molar-refractivity contribution in [2.45, 2.75) is 32.7 Å². The average Bonchev–Trinajstić information content (AvgIpc) is 2.82. The minimum Gasteiger partial charge on any atom is -0.365 e. The number of amides is 2. The Morgan fingerprint density at radius 3 is 2.50 bits per heavy atom. The van der Waals surface area contributed by atoms with Gasteiger partial charge in [0.2, 0.25) is 11.8 Å². The zero-order chi connectivity index (χ0) is 22.5. The first-order valence-corrected chi connectivity index (χ1v) is 11.7. The summed E-state index contributed by atoms with van der Waals surface area (Å²) in [6.07, 6.45) is 5.21. The molecule has 2 aliphatic rings. The van der Waals surface area contributed by atoms with Crippen molar-refractivity contribution in [3.8, 4) is 0 Å². The van der Waals surface area contributed by atoms with Gasteiger partial charge >= 0.3 is 0 Å². The fraction of sp³-hybridized carbons (Fsp3) is 0.407. The van der Waals surface area contributed by atoms with Crippen LogP contribution in [0.2, 0.25) is 0 Å². The minimum atomic E-state index is -0.101. The molecule has 5 nitrogen and oxygen atoms in total. The van der Waals surface area contributed by atoms with Gasteiger partial charge in [-0.1, -0.05) is 42.5 Å². The number of carbonyl (C=O) groups excluding carboxylic acids is 2. The van der Waals surface area contributed by atoms with Gasteiger partial charge in [-0.05, 0) is 56.0 Å². The van der Waals surface area contributed by atoms with Gasteiger partial charge in [0.1, 0.15) is 0 Å². The Morgan fingerprint density at radius 2 is 1.75 bits per heavy atom. The predicted molar refractivity (Wildman–Crippen MR) is 129 cm³/mol. The third-order valence-corrected chi connectivity index (χ3v) is 6.57. The molecule has 2 aliphatic heterocycles. The first-order chi connectivity index (χ1) is 15.5. The third kappa shape index (κ3) is 5.21. The van der Waals surface area contributed by atoms with E-state index in [-0.39, 0.29) is 23.8 Å². The number of hydrogen-bond donors (Lipinski definition) is 0. The monoisotopic (exact) mass is 431 g/mol. The molecular weight excluding hydrogens is 398 g/mol. The quantitative estimate of drug-likeness (QED) is 0.688. The summed E-state index contributed by atoms with van der Waals surface area (Å²) in [5.74, 6) is 0.0878. The van der Waals surface area contributed by atoms with Gasteiger partial charge in [0.25, 0.3) is 0 Å². The molecule has 2 saturated heterocycles. The van der Waals surface area contributed by atoms with Gasteiger partial charge in [0.15, 0.2) is 0 Å². The highest BCUT2D eigenvalue weighted by atomic mass is 16.2. The van der Waals surface area contributed by atoms with Crippen molar-refractivity contribution >= 4 is 23.6 Å². The minimum absolute atomic E-state index is 0.0102. The second-order valence-corrected chi connectivity index (χ2v) is 9.03.